The van der Waals surface area contributed by atoms with Gasteiger partial charge in [-0.1, -0.05) is 24.2 Å². The minimum absolute atomic E-state index is 0.0105. The lowest BCUT2D eigenvalue weighted by atomic mass is 9.99. The Balaban J connectivity index is 2.29. The van der Waals surface area contributed by atoms with Gasteiger partial charge in [-0.05, 0) is 25.5 Å². The maximum atomic E-state index is 5.93. The molecule has 2 unspecified atom stereocenters. The van der Waals surface area contributed by atoms with Crippen molar-refractivity contribution in [3.05, 3.63) is 30.2 Å². The van der Waals surface area contributed by atoms with Crippen molar-refractivity contribution in [3.8, 4) is 17.1 Å². The topological polar surface area (TPSA) is 74.2 Å². The lowest BCUT2D eigenvalue weighted by molar-refractivity contribution is 0.334. The number of nitrogens with two attached hydrogens (primary N) is 1. The zero-order valence-corrected chi connectivity index (χ0v) is 11.5. The van der Waals surface area contributed by atoms with Gasteiger partial charge < -0.3 is 15.0 Å². The maximum Gasteiger partial charge on any atom is 0.231 e. The molecule has 0 fully saturated rings. The predicted molar refractivity (Wildman–Crippen MR) is 73.0 cm³/mol. The van der Waals surface area contributed by atoms with E-state index in [2.05, 4.69) is 17.1 Å². The fourth-order valence-corrected chi connectivity index (χ4v) is 2.04. The molecule has 0 bridgehead atoms. The molecule has 19 heavy (non-hydrogen) atoms. The Labute approximate surface area is 112 Å². The van der Waals surface area contributed by atoms with E-state index in [1.54, 1.807) is 7.11 Å². The van der Waals surface area contributed by atoms with E-state index in [9.17, 15) is 0 Å². The Kier molecular flexibility index (Phi) is 4.16. The van der Waals surface area contributed by atoms with Gasteiger partial charge in [-0.2, -0.15) is 4.98 Å². The van der Waals surface area contributed by atoms with Gasteiger partial charge in [0.25, 0.3) is 0 Å². The number of rotatable bonds is 5. The standard InChI is InChI=1S/C14H19N3O2/c1-4-12(9(2)15)14-16-13(17-19-14)10-6-5-7-11(8-10)18-3/h5-9,12H,4,15H2,1-3H3. The normalized spacial score (nSPS) is 14.1. The van der Waals surface area contributed by atoms with E-state index in [1.165, 1.54) is 0 Å². The molecule has 0 aliphatic carbocycles. The van der Waals surface area contributed by atoms with E-state index in [0.717, 1.165) is 17.7 Å². The number of methoxy groups -OCH3 is 1. The highest BCUT2D eigenvalue weighted by Gasteiger charge is 2.21. The minimum atomic E-state index is -0.0105. The number of nitrogens with zero attached hydrogens (tertiary/aromatic N) is 2. The Bertz CT molecular complexity index is 537. The first kappa shape index (κ1) is 13.5. The van der Waals surface area contributed by atoms with Crippen LogP contribution in [-0.2, 0) is 0 Å². The highest BCUT2D eigenvalue weighted by molar-refractivity contribution is 5.56. The van der Waals surface area contributed by atoms with Gasteiger partial charge in [0, 0.05) is 11.6 Å². The highest BCUT2D eigenvalue weighted by atomic mass is 16.5. The van der Waals surface area contributed by atoms with Crippen molar-refractivity contribution in [2.24, 2.45) is 5.73 Å². The fraction of sp³-hybridized carbons (Fsp3) is 0.429. The Morgan fingerprint density at radius 1 is 1.42 bits per heavy atom. The van der Waals surface area contributed by atoms with Crippen LogP contribution in [-0.4, -0.2) is 23.3 Å². The number of hydrogen-bond donors (Lipinski definition) is 1. The van der Waals surface area contributed by atoms with E-state index < -0.39 is 0 Å². The molecule has 0 radical (unpaired) electrons. The van der Waals surface area contributed by atoms with E-state index in [-0.39, 0.29) is 12.0 Å². The number of ether oxygens (including phenoxy) is 1. The number of benzene rings is 1. The van der Waals surface area contributed by atoms with Gasteiger partial charge in [0.2, 0.25) is 11.7 Å². The van der Waals surface area contributed by atoms with Gasteiger partial charge in [-0.15, -0.1) is 0 Å². The molecule has 2 N–H and O–H groups in total. The van der Waals surface area contributed by atoms with Gasteiger partial charge in [0.15, 0.2) is 0 Å². The van der Waals surface area contributed by atoms with Crippen LogP contribution in [0, 0.1) is 0 Å². The molecule has 0 aliphatic heterocycles. The Morgan fingerprint density at radius 2 is 2.21 bits per heavy atom. The molecule has 5 heteroatoms. The average Bonchev–Trinajstić information content (AvgIpc) is 2.89. The molecule has 0 spiro atoms. The number of aromatic nitrogens is 2. The first-order valence-corrected chi connectivity index (χ1v) is 6.39. The van der Waals surface area contributed by atoms with Crippen LogP contribution < -0.4 is 10.5 Å². The van der Waals surface area contributed by atoms with Crippen LogP contribution in [0.5, 0.6) is 5.75 Å². The molecule has 102 valence electrons. The molecule has 2 rings (SSSR count). The second-order valence-corrected chi connectivity index (χ2v) is 4.56. The largest absolute Gasteiger partial charge is 0.497 e. The van der Waals surface area contributed by atoms with E-state index in [1.807, 2.05) is 31.2 Å². The average molecular weight is 261 g/mol. The summed E-state index contributed by atoms with van der Waals surface area (Å²) < 4.78 is 10.5. The zero-order chi connectivity index (χ0) is 13.8. The molecule has 1 aromatic heterocycles. The third-order valence-corrected chi connectivity index (χ3v) is 3.16. The molecule has 0 saturated carbocycles. The van der Waals surface area contributed by atoms with Crippen molar-refractivity contribution in [1.82, 2.24) is 10.1 Å². The summed E-state index contributed by atoms with van der Waals surface area (Å²) >= 11 is 0. The maximum absolute atomic E-state index is 5.93. The van der Waals surface area contributed by atoms with Gasteiger partial charge in [-0.25, -0.2) is 0 Å². The van der Waals surface area contributed by atoms with E-state index in [0.29, 0.717) is 11.7 Å². The predicted octanol–water partition coefficient (Wildman–Crippen LogP) is 2.59. The lowest BCUT2D eigenvalue weighted by Crippen LogP contribution is -2.24. The lowest BCUT2D eigenvalue weighted by Gasteiger charge is -2.13. The molecular weight excluding hydrogens is 242 g/mol. The van der Waals surface area contributed by atoms with Crippen molar-refractivity contribution in [3.63, 3.8) is 0 Å². The first-order valence-electron chi connectivity index (χ1n) is 6.39. The van der Waals surface area contributed by atoms with Gasteiger partial charge in [0.1, 0.15) is 5.75 Å². The summed E-state index contributed by atoms with van der Waals surface area (Å²) in [5, 5.41) is 4.02. The van der Waals surface area contributed by atoms with Crippen LogP contribution in [0.25, 0.3) is 11.4 Å². The molecule has 1 heterocycles. The van der Waals surface area contributed by atoms with Crippen LogP contribution in [0.1, 0.15) is 32.1 Å². The van der Waals surface area contributed by atoms with Crippen LogP contribution in [0.4, 0.5) is 0 Å². The summed E-state index contributed by atoms with van der Waals surface area (Å²) in [6, 6.07) is 7.56. The molecule has 2 aromatic rings. The van der Waals surface area contributed by atoms with Crippen molar-refractivity contribution in [1.29, 1.82) is 0 Å². The summed E-state index contributed by atoms with van der Waals surface area (Å²) in [4.78, 5) is 4.43. The van der Waals surface area contributed by atoms with Crippen LogP contribution >= 0.6 is 0 Å². The van der Waals surface area contributed by atoms with Crippen LogP contribution in [0.2, 0.25) is 0 Å². The van der Waals surface area contributed by atoms with E-state index >= 15 is 0 Å². The summed E-state index contributed by atoms with van der Waals surface area (Å²) in [6.45, 7) is 4.01. The second-order valence-electron chi connectivity index (χ2n) is 4.56. The van der Waals surface area contributed by atoms with Gasteiger partial charge in [0.05, 0.1) is 13.0 Å². The smallest absolute Gasteiger partial charge is 0.231 e. The first-order chi connectivity index (χ1) is 9.15. The zero-order valence-electron chi connectivity index (χ0n) is 11.5. The van der Waals surface area contributed by atoms with Crippen molar-refractivity contribution < 1.29 is 9.26 Å². The van der Waals surface area contributed by atoms with Crippen molar-refractivity contribution in [2.75, 3.05) is 7.11 Å². The van der Waals surface area contributed by atoms with E-state index in [4.69, 9.17) is 15.0 Å². The van der Waals surface area contributed by atoms with Crippen molar-refractivity contribution >= 4 is 0 Å². The summed E-state index contributed by atoms with van der Waals surface area (Å²) in [6.07, 6.45) is 0.872. The highest BCUT2D eigenvalue weighted by Crippen LogP contribution is 2.25. The molecule has 0 saturated heterocycles. The monoisotopic (exact) mass is 261 g/mol. The second kappa shape index (κ2) is 5.84. The quantitative estimate of drug-likeness (QED) is 0.895. The summed E-state index contributed by atoms with van der Waals surface area (Å²) in [5.74, 6) is 2.01. The van der Waals surface area contributed by atoms with Gasteiger partial charge >= 0.3 is 0 Å². The minimum Gasteiger partial charge on any atom is -0.497 e. The summed E-state index contributed by atoms with van der Waals surface area (Å²) in [7, 11) is 1.63. The number of hydrogen-bond acceptors (Lipinski definition) is 5. The third-order valence-electron chi connectivity index (χ3n) is 3.16. The summed E-state index contributed by atoms with van der Waals surface area (Å²) in [5.41, 5.74) is 6.79. The molecule has 2 atom stereocenters. The van der Waals surface area contributed by atoms with Gasteiger partial charge in [-0.3, -0.25) is 0 Å². The third kappa shape index (κ3) is 2.93. The molecule has 0 amide bonds. The fourth-order valence-electron chi connectivity index (χ4n) is 2.04. The Morgan fingerprint density at radius 3 is 2.84 bits per heavy atom. The molecule has 0 aliphatic rings. The molecule has 1 aromatic carbocycles. The van der Waals surface area contributed by atoms with Crippen LogP contribution in [0.3, 0.4) is 0 Å². The van der Waals surface area contributed by atoms with Crippen molar-refractivity contribution in [2.45, 2.75) is 32.2 Å². The SMILES string of the molecule is CCC(c1nc(-c2cccc(OC)c2)no1)C(C)N. The molecule has 5 nitrogen and oxygen atoms in total. The Hall–Kier alpha value is -1.88. The molecular formula is C14H19N3O2. The van der Waals surface area contributed by atoms with Crippen LogP contribution in [0.15, 0.2) is 28.8 Å².